The van der Waals surface area contributed by atoms with Crippen LogP contribution in [0.25, 0.3) is 0 Å². The molecule has 2 aliphatic rings. The average molecular weight is 382 g/mol. The van der Waals surface area contributed by atoms with Crippen LogP contribution in [0.3, 0.4) is 0 Å². The van der Waals surface area contributed by atoms with E-state index in [1.807, 2.05) is 0 Å². The van der Waals surface area contributed by atoms with E-state index in [0.29, 0.717) is 5.92 Å². The number of nitrogens with zero attached hydrogens (tertiary/aromatic N) is 3. The lowest BCUT2D eigenvalue weighted by atomic mass is 9.73. The molecule has 0 saturated heterocycles. The highest BCUT2D eigenvalue weighted by Gasteiger charge is 2.53. The van der Waals surface area contributed by atoms with Crippen LogP contribution in [0.5, 0.6) is 0 Å². The van der Waals surface area contributed by atoms with Crippen molar-refractivity contribution in [2.24, 2.45) is 10.5 Å². The van der Waals surface area contributed by atoms with Crippen LogP contribution in [0, 0.1) is 5.41 Å². The molecule has 3 aromatic carbocycles. The van der Waals surface area contributed by atoms with E-state index in [4.69, 9.17) is 5.10 Å². The Hall–Kier alpha value is -3.07. The van der Waals surface area contributed by atoms with Gasteiger partial charge in [-0.05, 0) is 41.7 Å². The zero-order valence-corrected chi connectivity index (χ0v) is 17.3. The third kappa shape index (κ3) is 2.76. The molecule has 3 nitrogen and oxygen atoms in total. The molecule has 0 amide bonds. The third-order valence-corrected chi connectivity index (χ3v) is 6.56. The predicted octanol–water partition coefficient (Wildman–Crippen LogP) is 5.89. The summed E-state index contributed by atoms with van der Waals surface area (Å²) in [6.45, 7) is 4.75. The average Bonchev–Trinajstić information content (AvgIpc) is 3.03. The number of hydrogen-bond donors (Lipinski definition) is 0. The summed E-state index contributed by atoms with van der Waals surface area (Å²) in [6, 6.07) is 30.1. The summed E-state index contributed by atoms with van der Waals surface area (Å²) in [6.07, 6.45) is 1.17. The molecule has 3 atom stereocenters. The molecule has 3 heteroatoms. The second-order valence-corrected chi connectivity index (χ2v) is 8.56. The van der Waals surface area contributed by atoms with Gasteiger partial charge in [0.1, 0.15) is 6.17 Å². The summed E-state index contributed by atoms with van der Waals surface area (Å²) >= 11 is 0. The topological polar surface area (TPSA) is 18.8 Å². The summed E-state index contributed by atoms with van der Waals surface area (Å²) in [5, 5.41) is 7.49. The first-order valence-corrected chi connectivity index (χ1v) is 10.4. The number of benzene rings is 3. The number of hydrogen-bond acceptors (Lipinski definition) is 3. The Morgan fingerprint density at radius 3 is 2.21 bits per heavy atom. The van der Waals surface area contributed by atoms with Crippen LogP contribution in [0.1, 0.15) is 37.3 Å². The molecule has 0 saturated carbocycles. The Bertz CT molecular complexity index is 1040. The predicted molar refractivity (Wildman–Crippen MR) is 122 cm³/mol. The Balaban J connectivity index is 1.72. The second-order valence-electron chi connectivity index (χ2n) is 8.56. The summed E-state index contributed by atoms with van der Waals surface area (Å²) in [5.41, 5.74) is 6.15. The van der Waals surface area contributed by atoms with E-state index in [-0.39, 0.29) is 11.6 Å². The first-order valence-electron chi connectivity index (χ1n) is 10.4. The molecular formula is C26H27N3. The normalized spacial score (nSPS) is 25.8. The molecule has 0 bridgehead atoms. The van der Waals surface area contributed by atoms with Gasteiger partial charge in [-0.15, -0.1) is 0 Å². The van der Waals surface area contributed by atoms with Crippen LogP contribution >= 0.6 is 0 Å². The fourth-order valence-corrected chi connectivity index (χ4v) is 5.33. The summed E-state index contributed by atoms with van der Waals surface area (Å²) in [7, 11) is 2.22. The van der Waals surface area contributed by atoms with Gasteiger partial charge < -0.3 is 4.90 Å². The largest absolute Gasteiger partial charge is 0.352 e. The van der Waals surface area contributed by atoms with Crippen molar-refractivity contribution in [2.75, 3.05) is 17.0 Å². The van der Waals surface area contributed by atoms with Gasteiger partial charge in [-0.1, -0.05) is 80.6 Å². The molecule has 0 spiro atoms. The summed E-state index contributed by atoms with van der Waals surface area (Å²) in [5.74, 6) is 0.452. The number of anilines is 2. The van der Waals surface area contributed by atoms with Gasteiger partial charge in [0.15, 0.2) is 0 Å². The number of hydrazone groups is 1. The summed E-state index contributed by atoms with van der Waals surface area (Å²) in [4.78, 5) is 2.44. The SMILES string of the molecule is C[C@H]1C[C@@]2(C)C(c3ccccc3)=NN(c3ccccc3)[C@H]2N(C)c2ccccc21. The van der Waals surface area contributed by atoms with Gasteiger partial charge in [0.05, 0.1) is 16.8 Å². The van der Waals surface area contributed by atoms with Gasteiger partial charge in [0.2, 0.25) is 0 Å². The van der Waals surface area contributed by atoms with Crippen molar-refractivity contribution >= 4 is 17.1 Å². The maximum Gasteiger partial charge on any atom is 0.134 e. The number of fused-ring (bicyclic) bond motifs is 2. The highest BCUT2D eigenvalue weighted by atomic mass is 15.6. The molecule has 0 aliphatic carbocycles. The van der Waals surface area contributed by atoms with Crippen molar-refractivity contribution < 1.29 is 0 Å². The van der Waals surface area contributed by atoms with Crippen molar-refractivity contribution in [3.05, 3.63) is 96.1 Å². The van der Waals surface area contributed by atoms with E-state index in [2.05, 4.69) is 116 Å². The zero-order valence-electron chi connectivity index (χ0n) is 17.3. The Morgan fingerprint density at radius 1 is 0.862 bits per heavy atom. The van der Waals surface area contributed by atoms with Gasteiger partial charge in [-0.25, -0.2) is 5.01 Å². The molecule has 146 valence electrons. The molecule has 3 aromatic rings. The van der Waals surface area contributed by atoms with Crippen molar-refractivity contribution in [3.63, 3.8) is 0 Å². The van der Waals surface area contributed by atoms with Crippen LogP contribution < -0.4 is 9.91 Å². The van der Waals surface area contributed by atoms with Gasteiger partial charge in [-0.3, -0.25) is 0 Å². The monoisotopic (exact) mass is 381 g/mol. The van der Waals surface area contributed by atoms with Gasteiger partial charge in [0.25, 0.3) is 0 Å². The molecule has 0 unspecified atom stereocenters. The van der Waals surface area contributed by atoms with Crippen LogP contribution in [0.4, 0.5) is 11.4 Å². The van der Waals surface area contributed by atoms with Crippen LogP contribution in [0.2, 0.25) is 0 Å². The minimum absolute atomic E-state index is 0.107. The maximum atomic E-state index is 5.25. The highest BCUT2D eigenvalue weighted by Crippen LogP contribution is 2.51. The molecular weight excluding hydrogens is 354 g/mol. The van der Waals surface area contributed by atoms with Crippen LogP contribution in [0.15, 0.2) is 90.0 Å². The maximum absolute atomic E-state index is 5.25. The van der Waals surface area contributed by atoms with Crippen molar-refractivity contribution in [3.8, 4) is 0 Å². The minimum atomic E-state index is -0.107. The van der Waals surface area contributed by atoms with E-state index in [1.54, 1.807) is 0 Å². The lowest BCUT2D eigenvalue weighted by Gasteiger charge is -2.41. The lowest BCUT2D eigenvalue weighted by molar-refractivity contribution is 0.337. The van der Waals surface area contributed by atoms with E-state index in [1.165, 1.54) is 22.5 Å². The molecule has 0 aromatic heterocycles. The van der Waals surface area contributed by atoms with Gasteiger partial charge in [0, 0.05) is 12.7 Å². The van der Waals surface area contributed by atoms with Crippen molar-refractivity contribution in [2.45, 2.75) is 32.4 Å². The fraction of sp³-hybridized carbons (Fsp3) is 0.269. The zero-order chi connectivity index (χ0) is 20.0. The quantitative estimate of drug-likeness (QED) is 0.551. The fourth-order valence-electron chi connectivity index (χ4n) is 5.33. The smallest absolute Gasteiger partial charge is 0.134 e. The van der Waals surface area contributed by atoms with E-state index < -0.39 is 0 Å². The summed E-state index contributed by atoms with van der Waals surface area (Å²) < 4.78 is 0. The van der Waals surface area contributed by atoms with E-state index >= 15 is 0 Å². The highest BCUT2D eigenvalue weighted by molar-refractivity contribution is 6.08. The first-order chi connectivity index (χ1) is 14.1. The molecule has 0 N–H and O–H groups in total. The second kappa shape index (κ2) is 6.77. The van der Waals surface area contributed by atoms with E-state index in [9.17, 15) is 0 Å². The van der Waals surface area contributed by atoms with Crippen molar-refractivity contribution in [1.82, 2.24) is 0 Å². The first kappa shape index (κ1) is 18.0. The molecule has 0 radical (unpaired) electrons. The van der Waals surface area contributed by atoms with Crippen LogP contribution in [-0.2, 0) is 0 Å². The lowest BCUT2D eigenvalue weighted by Crippen LogP contribution is -2.52. The van der Waals surface area contributed by atoms with Gasteiger partial charge in [-0.2, -0.15) is 5.10 Å². The Morgan fingerprint density at radius 2 is 1.48 bits per heavy atom. The molecule has 2 heterocycles. The molecule has 5 rings (SSSR count). The van der Waals surface area contributed by atoms with Gasteiger partial charge >= 0.3 is 0 Å². The third-order valence-electron chi connectivity index (χ3n) is 6.56. The standard InChI is InChI=1S/C26H27N3/c1-19-18-26(2)24(20-12-6-4-7-13-20)27-29(21-14-8-5-9-15-21)25(26)28(3)23-17-11-10-16-22(19)23/h4-17,19,25H,18H2,1-3H3/t19-,25+,26-/m0/s1. The molecule has 2 aliphatic heterocycles. The Kier molecular flexibility index (Phi) is 4.20. The minimum Gasteiger partial charge on any atom is -0.352 e. The van der Waals surface area contributed by atoms with Crippen LogP contribution in [-0.4, -0.2) is 18.9 Å². The Labute approximate surface area is 173 Å². The van der Waals surface area contributed by atoms with E-state index in [0.717, 1.165) is 12.1 Å². The van der Waals surface area contributed by atoms with Crippen molar-refractivity contribution in [1.29, 1.82) is 0 Å². The molecule has 0 fully saturated rings. The number of para-hydroxylation sites is 2. The number of rotatable bonds is 2. The molecule has 29 heavy (non-hydrogen) atoms.